The largest absolute Gasteiger partial charge is 0.459 e. The number of carbonyl (C=O) groups excluding carboxylic acids is 2. The maximum absolute atomic E-state index is 11.7. The molecule has 3 saturated heterocycles. The van der Waals surface area contributed by atoms with Crippen molar-refractivity contribution < 1.29 is 53.0 Å². The molecule has 33 heavy (non-hydrogen) atoms. The Morgan fingerprint density at radius 3 is 2.00 bits per heavy atom. The molecule has 3 heterocycles. The maximum Gasteiger partial charge on any atom is 0.303 e. The van der Waals surface area contributed by atoms with Gasteiger partial charge in [0.2, 0.25) is 0 Å². The van der Waals surface area contributed by atoms with Gasteiger partial charge in [-0.25, -0.2) is 0 Å². The third-order valence-corrected chi connectivity index (χ3v) is 6.12. The number of aliphatic hydroxyl groups excluding tert-OH is 2. The average Bonchev–Trinajstić information content (AvgIpc) is 2.69. The van der Waals surface area contributed by atoms with E-state index in [0.717, 1.165) is 0 Å². The van der Waals surface area contributed by atoms with Crippen molar-refractivity contribution in [1.82, 2.24) is 0 Å². The minimum Gasteiger partial charge on any atom is -0.459 e. The van der Waals surface area contributed by atoms with Crippen LogP contribution in [0.1, 0.15) is 60.3 Å². The van der Waals surface area contributed by atoms with Gasteiger partial charge in [-0.1, -0.05) is 0 Å². The van der Waals surface area contributed by atoms with Crippen LogP contribution in [-0.4, -0.2) is 89.9 Å². The Morgan fingerprint density at radius 1 is 0.727 bits per heavy atom. The van der Waals surface area contributed by atoms with Crippen LogP contribution < -0.4 is 0 Å². The number of aliphatic hydroxyl groups is 2. The minimum absolute atomic E-state index is 0.0724. The Bertz CT molecular complexity index is 673. The molecule has 0 spiro atoms. The summed E-state index contributed by atoms with van der Waals surface area (Å²) in [5.74, 6) is -0.954. The van der Waals surface area contributed by atoms with E-state index in [2.05, 4.69) is 0 Å². The summed E-state index contributed by atoms with van der Waals surface area (Å²) in [6.45, 7) is 7.85. The number of carbonyl (C=O) groups is 2. The van der Waals surface area contributed by atoms with Gasteiger partial charge in [0.1, 0.15) is 18.3 Å². The number of hydrogen-bond acceptors (Lipinski definition) is 11. The van der Waals surface area contributed by atoms with Crippen molar-refractivity contribution in [3.05, 3.63) is 0 Å². The molecular weight excluding hydrogens is 440 g/mol. The molecule has 0 aromatic carbocycles. The van der Waals surface area contributed by atoms with Gasteiger partial charge in [-0.15, -0.1) is 0 Å². The molecule has 0 bridgehead atoms. The lowest BCUT2D eigenvalue weighted by Gasteiger charge is -2.44. The van der Waals surface area contributed by atoms with Crippen molar-refractivity contribution in [2.45, 2.75) is 128 Å². The molecule has 3 rings (SSSR count). The first-order valence-electron chi connectivity index (χ1n) is 11.5. The van der Waals surface area contributed by atoms with Gasteiger partial charge in [-0.05, 0) is 27.2 Å². The van der Waals surface area contributed by atoms with Gasteiger partial charge < -0.3 is 43.4 Å². The molecular formula is C22H36O11. The van der Waals surface area contributed by atoms with Crippen molar-refractivity contribution in [2.75, 3.05) is 0 Å². The highest BCUT2D eigenvalue weighted by Crippen LogP contribution is 2.33. The molecule has 0 aliphatic carbocycles. The predicted octanol–water partition coefficient (Wildman–Crippen LogP) is 0.768. The van der Waals surface area contributed by atoms with Crippen molar-refractivity contribution in [3.8, 4) is 0 Å². The molecule has 190 valence electrons. The Balaban J connectivity index is 1.71. The summed E-state index contributed by atoms with van der Waals surface area (Å²) < 4.78 is 40.3. The van der Waals surface area contributed by atoms with Crippen LogP contribution in [0, 0.1) is 0 Å². The highest BCUT2D eigenvalue weighted by molar-refractivity contribution is 5.66. The molecule has 11 atom stereocenters. The monoisotopic (exact) mass is 476 g/mol. The predicted molar refractivity (Wildman–Crippen MR) is 111 cm³/mol. The van der Waals surface area contributed by atoms with Crippen LogP contribution in [0.15, 0.2) is 0 Å². The van der Waals surface area contributed by atoms with E-state index in [1.807, 2.05) is 0 Å². The Labute approximate surface area is 193 Å². The van der Waals surface area contributed by atoms with Crippen LogP contribution in [0.3, 0.4) is 0 Å². The molecule has 11 nitrogen and oxygen atoms in total. The Morgan fingerprint density at radius 2 is 1.36 bits per heavy atom. The van der Waals surface area contributed by atoms with Crippen LogP contribution in [0.2, 0.25) is 0 Å². The van der Waals surface area contributed by atoms with Gasteiger partial charge in [-0.2, -0.15) is 0 Å². The zero-order chi connectivity index (χ0) is 24.3. The van der Waals surface area contributed by atoms with Gasteiger partial charge >= 0.3 is 11.9 Å². The Kier molecular flexibility index (Phi) is 9.07. The first-order valence-corrected chi connectivity index (χ1v) is 11.5. The average molecular weight is 477 g/mol. The summed E-state index contributed by atoms with van der Waals surface area (Å²) in [7, 11) is 0. The fourth-order valence-corrected chi connectivity index (χ4v) is 4.54. The third kappa shape index (κ3) is 7.08. The van der Waals surface area contributed by atoms with Crippen molar-refractivity contribution in [2.24, 2.45) is 0 Å². The first kappa shape index (κ1) is 26.3. The minimum atomic E-state index is -1.07. The second kappa shape index (κ2) is 11.4. The standard InChI is InChI=1S/C22H36O11/c1-10-15(25)6-7-19(28-10)32-17-9-20(29-12(3)21(17)31-14(5)24)33-22-11(2)27-18(26)8-16(22)30-13(4)23/h10-12,15-22,25-26H,6-9H2,1-5H3/t10-,11+,12+,15-,16+,17+,18+,19-,20-,21+,22+/m0/s1. The number of esters is 2. The van der Waals surface area contributed by atoms with E-state index in [4.69, 9.17) is 33.2 Å². The molecule has 2 N–H and O–H groups in total. The topological polar surface area (TPSA) is 139 Å². The molecule has 0 aromatic rings. The second-order valence-electron chi connectivity index (χ2n) is 8.95. The van der Waals surface area contributed by atoms with E-state index in [-0.39, 0.29) is 18.9 Å². The maximum atomic E-state index is 11.7. The second-order valence-corrected chi connectivity index (χ2v) is 8.95. The molecule has 0 unspecified atom stereocenters. The molecule has 0 amide bonds. The summed E-state index contributed by atoms with van der Waals surface area (Å²) in [5.41, 5.74) is 0. The molecule has 0 saturated carbocycles. The summed E-state index contributed by atoms with van der Waals surface area (Å²) in [5, 5.41) is 19.8. The SMILES string of the molecule is CC(=O)O[C@@H]1[C@@H](C)O[C@@H](O[C@@H]2[C@@H](C)O[C@@H](O)C[C@H]2OC(C)=O)C[C@H]1O[C@H]1CC[C@H](O)[C@H](C)O1. The molecule has 0 aromatic heterocycles. The van der Waals surface area contributed by atoms with Gasteiger partial charge in [0, 0.05) is 33.1 Å². The normalized spacial score (nSPS) is 44.2. The first-order chi connectivity index (χ1) is 15.5. The molecule has 0 radical (unpaired) electrons. The van der Waals surface area contributed by atoms with E-state index in [9.17, 15) is 19.8 Å². The van der Waals surface area contributed by atoms with E-state index < -0.39 is 73.5 Å². The fourth-order valence-electron chi connectivity index (χ4n) is 4.54. The lowest BCUT2D eigenvalue weighted by molar-refractivity contribution is -0.326. The van der Waals surface area contributed by atoms with E-state index in [1.54, 1.807) is 20.8 Å². The molecule has 11 heteroatoms. The van der Waals surface area contributed by atoms with Crippen LogP contribution in [-0.2, 0) is 42.7 Å². The van der Waals surface area contributed by atoms with E-state index >= 15 is 0 Å². The van der Waals surface area contributed by atoms with Gasteiger partial charge in [-0.3, -0.25) is 9.59 Å². The Hall–Kier alpha value is -1.34. The summed E-state index contributed by atoms with van der Waals surface area (Å²) in [4.78, 5) is 23.2. The van der Waals surface area contributed by atoms with Gasteiger partial charge in [0.25, 0.3) is 0 Å². The van der Waals surface area contributed by atoms with Crippen LogP contribution in [0.5, 0.6) is 0 Å². The van der Waals surface area contributed by atoms with Crippen LogP contribution >= 0.6 is 0 Å². The van der Waals surface area contributed by atoms with Crippen molar-refractivity contribution in [1.29, 1.82) is 0 Å². The summed E-state index contributed by atoms with van der Waals surface area (Å²) >= 11 is 0. The number of rotatable bonds is 6. The zero-order valence-corrected chi connectivity index (χ0v) is 19.7. The van der Waals surface area contributed by atoms with Gasteiger partial charge in [0.15, 0.2) is 25.0 Å². The lowest BCUT2D eigenvalue weighted by atomic mass is 9.99. The lowest BCUT2D eigenvalue weighted by Crippen LogP contribution is -2.56. The fraction of sp³-hybridized carbons (Fsp3) is 0.909. The highest BCUT2D eigenvalue weighted by Gasteiger charge is 2.46. The number of ether oxygens (including phenoxy) is 7. The quantitative estimate of drug-likeness (QED) is 0.525. The van der Waals surface area contributed by atoms with Crippen LogP contribution in [0.25, 0.3) is 0 Å². The molecule has 3 aliphatic heterocycles. The third-order valence-electron chi connectivity index (χ3n) is 6.12. The molecule has 3 aliphatic rings. The van der Waals surface area contributed by atoms with Crippen molar-refractivity contribution >= 4 is 11.9 Å². The zero-order valence-electron chi connectivity index (χ0n) is 19.7. The molecule has 3 fully saturated rings. The van der Waals surface area contributed by atoms with E-state index in [0.29, 0.717) is 12.8 Å². The number of hydrogen-bond donors (Lipinski definition) is 2. The highest BCUT2D eigenvalue weighted by atomic mass is 16.7. The summed E-state index contributed by atoms with van der Waals surface area (Å²) in [6, 6.07) is 0. The summed E-state index contributed by atoms with van der Waals surface area (Å²) in [6.07, 6.45) is -5.80. The van der Waals surface area contributed by atoms with Crippen molar-refractivity contribution in [3.63, 3.8) is 0 Å². The van der Waals surface area contributed by atoms with Crippen LogP contribution in [0.4, 0.5) is 0 Å². The smallest absolute Gasteiger partial charge is 0.303 e. The van der Waals surface area contributed by atoms with Gasteiger partial charge in [0.05, 0.1) is 24.4 Å². The van der Waals surface area contributed by atoms with E-state index in [1.165, 1.54) is 13.8 Å².